The molecule has 1 heterocycles. The highest BCUT2D eigenvalue weighted by molar-refractivity contribution is 8.93. The Morgan fingerprint density at radius 3 is 2.58 bits per heavy atom. The van der Waals surface area contributed by atoms with Gasteiger partial charge in [0, 0.05) is 23.5 Å². The molecule has 0 N–H and O–H groups in total. The van der Waals surface area contributed by atoms with Crippen LogP contribution in [0.1, 0.15) is 27.9 Å². The van der Waals surface area contributed by atoms with Crippen molar-refractivity contribution in [2.45, 2.75) is 20.3 Å². The van der Waals surface area contributed by atoms with Gasteiger partial charge in [0.2, 0.25) is 0 Å². The first kappa shape index (κ1) is 20.6. The number of hydrogen-bond acceptors (Lipinski definition) is 4. The number of amidine groups is 1. The van der Waals surface area contributed by atoms with Crippen LogP contribution in [0.3, 0.4) is 0 Å². The van der Waals surface area contributed by atoms with E-state index in [1.54, 1.807) is 11.8 Å². The third-order valence-corrected chi connectivity index (χ3v) is 5.24. The number of carbonyl (C=O) groups excluding carboxylic acids is 1. The van der Waals surface area contributed by atoms with Crippen molar-refractivity contribution in [3.05, 3.63) is 65.0 Å². The summed E-state index contributed by atoms with van der Waals surface area (Å²) >= 11 is 1.68. The second-order valence-corrected chi connectivity index (χ2v) is 7.23. The summed E-state index contributed by atoms with van der Waals surface area (Å²) in [6, 6.07) is 11.9. The maximum absolute atomic E-state index is 13.1. The van der Waals surface area contributed by atoms with E-state index in [1.165, 1.54) is 24.3 Å². The lowest BCUT2D eigenvalue weighted by Crippen LogP contribution is -2.36. The third kappa shape index (κ3) is 4.95. The molecule has 0 fully saturated rings. The Balaban J connectivity index is 0.00000243. The molecule has 0 radical (unpaired) electrons. The van der Waals surface area contributed by atoms with Crippen molar-refractivity contribution in [1.82, 2.24) is 0 Å². The highest BCUT2D eigenvalue weighted by atomic mass is 79.9. The second-order valence-electron chi connectivity index (χ2n) is 6.17. The Morgan fingerprint density at radius 1 is 1.19 bits per heavy atom. The Bertz CT molecular complexity index is 808. The van der Waals surface area contributed by atoms with Crippen LogP contribution < -0.4 is 4.90 Å². The smallest absolute Gasteiger partial charge is 0.182 e. The molecule has 0 amide bonds. The molecular formula is C20H22BrFN2OS. The van der Waals surface area contributed by atoms with Gasteiger partial charge in [0.05, 0.1) is 6.54 Å². The van der Waals surface area contributed by atoms with Crippen molar-refractivity contribution in [3.8, 4) is 0 Å². The molecule has 0 spiro atoms. The first-order valence-corrected chi connectivity index (χ1v) is 9.34. The van der Waals surface area contributed by atoms with Crippen LogP contribution >= 0.6 is 28.7 Å². The van der Waals surface area contributed by atoms with E-state index in [-0.39, 0.29) is 35.1 Å². The number of ketones is 1. The molecule has 1 aliphatic rings. The van der Waals surface area contributed by atoms with Gasteiger partial charge in [-0.15, -0.1) is 17.0 Å². The van der Waals surface area contributed by atoms with Crippen LogP contribution in [0.25, 0.3) is 0 Å². The van der Waals surface area contributed by atoms with Gasteiger partial charge in [-0.2, -0.15) is 0 Å². The molecule has 2 aromatic rings. The van der Waals surface area contributed by atoms with Crippen molar-refractivity contribution in [2.24, 2.45) is 4.99 Å². The molecule has 2 aromatic carbocycles. The van der Waals surface area contributed by atoms with Crippen molar-refractivity contribution in [2.75, 3.05) is 23.7 Å². The van der Waals surface area contributed by atoms with Crippen molar-refractivity contribution >= 4 is 45.4 Å². The van der Waals surface area contributed by atoms with E-state index in [1.807, 2.05) is 18.7 Å². The van der Waals surface area contributed by atoms with E-state index in [9.17, 15) is 9.18 Å². The largest absolute Gasteiger partial charge is 0.313 e. The number of rotatable bonds is 4. The van der Waals surface area contributed by atoms with Gasteiger partial charge in [-0.1, -0.05) is 23.9 Å². The predicted molar refractivity (Wildman–Crippen MR) is 114 cm³/mol. The Kier molecular flexibility index (Phi) is 7.41. The van der Waals surface area contributed by atoms with Gasteiger partial charge in [-0.05, 0) is 61.7 Å². The van der Waals surface area contributed by atoms with E-state index in [2.05, 4.69) is 23.2 Å². The average molecular weight is 437 g/mol. The predicted octanol–water partition coefficient (Wildman–Crippen LogP) is 5.20. The quantitative estimate of drug-likeness (QED) is 0.617. The van der Waals surface area contributed by atoms with E-state index >= 15 is 0 Å². The molecule has 0 unspecified atom stereocenters. The van der Waals surface area contributed by atoms with Crippen LogP contribution in [0.2, 0.25) is 0 Å². The lowest BCUT2D eigenvalue weighted by molar-refractivity contribution is 0.100. The van der Waals surface area contributed by atoms with Gasteiger partial charge in [-0.25, -0.2) is 4.39 Å². The fourth-order valence-corrected chi connectivity index (χ4v) is 3.71. The number of benzene rings is 2. The third-order valence-electron chi connectivity index (χ3n) is 4.13. The van der Waals surface area contributed by atoms with E-state index in [0.29, 0.717) is 5.56 Å². The van der Waals surface area contributed by atoms with Crippen LogP contribution in [0.4, 0.5) is 10.1 Å². The molecular weight excluding hydrogens is 415 g/mol. The lowest BCUT2D eigenvalue weighted by atomic mass is 10.1. The highest BCUT2D eigenvalue weighted by Gasteiger charge is 2.22. The summed E-state index contributed by atoms with van der Waals surface area (Å²) in [6.45, 7) is 5.06. The van der Waals surface area contributed by atoms with Gasteiger partial charge in [0.25, 0.3) is 0 Å². The fourth-order valence-electron chi connectivity index (χ4n) is 2.75. The van der Waals surface area contributed by atoms with Gasteiger partial charge >= 0.3 is 0 Å². The number of carbonyl (C=O) groups is 1. The Labute approximate surface area is 168 Å². The van der Waals surface area contributed by atoms with Crippen LogP contribution in [-0.4, -0.2) is 29.8 Å². The van der Waals surface area contributed by atoms with E-state index in [0.717, 1.165) is 40.7 Å². The fraction of sp³-hybridized carbons (Fsp3) is 0.300. The standard InChI is InChI=1S/C20H21FN2OS.BrH/c1-14-4-5-15(2)18(12-14)23(20-22-10-3-11-25-20)13-19(24)16-6-8-17(21)9-7-16;/h4-9,12H,3,10-11,13H2,1-2H3;1H. The zero-order valence-corrected chi connectivity index (χ0v) is 17.4. The van der Waals surface area contributed by atoms with Gasteiger partial charge in [-0.3, -0.25) is 9.79 Å². The molecule has 0 saturated carbocycles. The number of thioether (sulfide) groups is 1. The summed E-state index contributed by atoms with van der Waals surface area (Å²) in [5, 5.41) is 0.885. The molecule has 0 aromatic heterocycles. The van der Waals surface area contributed by atoms with E-state index in [4.69, 9.17) is 0 Å². The molecule has 3 nitrogen and oxygen atoms in total. The van der Waals surface area contributed by atoms with Crippen molar-refractivity contribution in [3.63, 3.8) is 0 Å². The Morgan fingerprint density at radius 2 is 1.92 bits per heavy atom. The van der Waals surface area contributed by atoms with Crippen molar-refractivity contribution in [1.29, 1.82) is 0 Å². The van der Waals surface area contributed by atoms with Crippen LogP contribution in [0.15, 0.2) is 47.5 Å². The maximum Gasteiger partial charge on any atom is 0.182 e. The average Bonchev–Trinajstić information content (AvgIpc) is 2.63. The highest BCUT2D eigenvalue weighted by Crippen LogP contribution is 2.27. The normalized spacial score (nSPS) is 13.6. The van der Waals surface area contributed by atoms with Gasteiger partial charge < -0.3 is 4.90 Å². The summed E-state index contributed by atoms with van der Waals surface area (Å²) in [4.78, 5) is 19.4. The van der Waals surface area contributed by atoms with Gasteiger partial charge in [0.15, 0.2) is 11.0 Å². The molecule has 1 aliphatic heterocycles. The number of anilines is 1. The van der Waals surface area contributed by atoms with E-state index < -0.39 is 0 Å². The molecule has 3 rings (SSSR count). The molecule has 0 aliphatic carbocycles. The molecule has 0 saturated heterocycles. The molecule has 6 heteroatoms. The summed E-state index contributed by atoms with van der Waals surface area (Å²) in [6.07, 6.45) is 1.06. The number of halogens is 2. The summed E-state index contributed by atoms with van der Waals surface area (Å²) < 4.78 is 13.1. The second kappa shape index (κ2) is 9.33. The summed E-state index contributed by atoms with van der Waals surface area (Å²) in [5.41, 5.74) is 3.76. The summed E-state index contributed by atoms with van der Waals surface area (Å²) in [5.74, 6) is 0.621. The van der Waals surface area contributed by atoms with Crippen LogP contribution in [0, 0.1) is 19.7 Å². The maximum atomic E-state index is 13.1. The number of nitrogens with zero attached hydrogens (tertiary/aromatic N) is 2. The number of hydrogen-bond donors (Lipinski definition) is 0. The zero-order chi connectivity index (χ0) is 17.8. The zero-order valence-electron chi connectivity index (χ0n) is 14.9. The number of Topliss-reactive ketones (excluding diaryl/α,β-unsaturated/α-hetero) is 1. The van der Waals surface area contributed by atoms with Crippen LogP contribution in [-0.2, 0) is 0 Å². The number of aryl methyl sites for hydroxylation is 2. The monoisotopic (exact) mass is 436 g/mol. The summed E-state index contributed by atoms with van der Waals surface area (Å²) in [7, 11) is 0. The molecule has 0 atom stereocenters. The lowest BCUT2D eigenvalue weighted by Gasteiger charge is -2.28. The van der Waals surface area contributed by atoms with Gasteiger partial charge in [0.1, 0.15) is 5.82 Å². The minimum absolute atomic E-state index is 0. The molecule has 0 bridgehead atoms. The molecule has 138 valence electrons. The topological polar surface area (TPSA) is 32.7 Å². The minimum Gasteiger partial charge on any atom is -0.313 e. The SMILES string of the molecule is Br.Cc1ccc(C)c(N(CC(=O)c2ccc(F)cc2)C2=NCCCS2)c1. The van der Waals surface area contributed by atoms with Crippen molar-refractivity contribution < 1.29 is 9.18 Å². The van der Waals surface area contributed by atoms with Crippen LogP contribution in [0.5, 0.6) is 0 Å². The minimum atomic E-state index is -0.338. The Hall–Kier alpha value is -1.66. The first-order valence-electron chi connectivity index (χ1n) is 8.35. The first-order chi connectivity index (χ1) is 12.0. The molecule has 26 heavy (non-hydrogen) atoms. The number of aliphatic imine (C=N–C) groups is 1.